The molecule has 8 heteroatoms. The molecule has 16 heavy (non-hydrogen) atoms. The van der Waals surface area contributed by atoms with Gasteiger partial charge in [0, 0.05) is 0 Å². The summed E-state index contributed by atoms with van der Waals surface area (Å²) in [4.78, 5) is 22.1. The molecule has 1 aromatic carbocycles. The van der Waals surface area contributed by atoms with E-state index < -0.39 is 11.8 Å². The normalized spacial score (nSPS) is 10.2. The first-order valence-electron chi connectivity index (χ1n) is 3.74. The van der Waals surface area contributed by atoms with Crippen LogP contribution in [0.2, 0.25) is 20.1 Å². The van der Waals surface area contributed by atoms with Gasteiger partial charge in [-0.2, -0.15) is 0 Å². The Kier molecular flexibility index (Phi) is 3.91. The van der Waals surface area contributed by atoms with Gasteiger partial charge in [-0.25, -0.2) is 0 Å². The van der Waals surface area contributed by atoms with Crippen molar-refractivity contribution in [2.75, 3.05) is 0 Å². The number of amides is 2. The summed E-state index contributed by atoms with van der Waals surface area (Å²) in [6.07, 6.45) is 0. The van der Waals surface area contributed by atoms with Crippen LogP contribution in [0.5, 0.6) is 0 Å². The Morgan fingerprint density at radius 3 is 1.00 bits per heavy atom. The second-order valence-corrected chi connectivity index (χ2v) is 4.25. The van der Waals surface area contributed by atoms with Crippen molar-refractivity contribution in [1.82, 2.24) is 0 Å². The molecule has 0 aliphatic carbocycles. The standard InChI is InChI=1S/C8H4Cl4N2O2/c9-3-1(7(13)15)4(10)6(12)2(5(3)11)8(14)16/h(H2,13,15)(H2,14,16). The zero-order chi connectivity index (χ0) is 12.6. The maximum atomic E-state index is 11.0. The van der Waals surface area contributed by atoms with Crippen LogP contribution in [0.1, 0.15) is 20.7 Å². The van der Waals surface area contributed by atoms with Crippen LogP contribution < -0.4 is 11.5 Å². The van der Waals surface area contributed by atoms with Gasteiger partial charge in [0.2, 0.25) is 0 Å². The molecule has 0 saturated heterocycles. The van der Waals surface area contributed by atoms with Crippen molar-refractivity contribution in [3.63, 3.8) is 0 Å². The average molecular weight is 302 g/mol. The zero-order valence-electron chi connectivity index (χ0n) is 7.48. The third-order valence-electron chi connectivity index (χ3n) is 1.76. The van der Waals surface area contributed by atoms with E-state index in [1.165, 1.54) is 0 Å². The molecule has 0 spiro atoms. The van der Waals surface area contributed by atoms with Crippen LogP contribution >= 0.6 is 46.4 Å². The summed E-state index contributed by atoms with van der Waals surface area (Å²) >= 11 is 22.9. The van der Waals surface area contributed by atoms with Crippen LogP contribution in [-0.4, -0.2) is 11.8 Å². The first-order valence-corrected chi connectivity index (χ1v) is 5.25. The molecule has 1 aromatic rings. The highest BCUT2D eigenvalue weighted by molar-refractivity contribution is 6.52. The van der Waals surface area contributed by atoms with Crippen LogP contribution in [0.15, 0.2) is 0 Å². The van der Waals surface area contributed by atoms with Crippen molar-refractivity contribution in [3.05, 3.63) is 31.2 Å². The van der Waals surface area contributed by atoms with Crippen molar-refractivity contribution >= 4 is 58.2 Å². The summed E-state index contributed by atoms with van der Waals surface area (Å²) in [5.41, 5.74) is 9.58. The molecule has 2 amide bonds. The predicted octanol–water partition coefficient (Wildman–Crippen LogP) is 2.50. The number of carbonyl (C=O) groups excluding carboxylic acids is 2. The number of benzene rings is 1. The van der Waals surface area contributed by atoms with Crippen molar-refractivity contribution < 1.29 is 9.59 Å². The smallest absolute Gasteiger partial charge is 0.251 e. The van der Waals surface area contributed by atoms with Crippen molar-refractivity contribution in [1.29, 1.82) is 0 Å². The third-order valence-corrected chi connectivity index (χ3v) is 3.46. The number of primary amides is 2. The lowest BCUT2D eigenvalue weighted by Crippen LogP contribution is -2.17. The van der Waals surface area contributed by atoms with E-state index in [4.69, 9.17) is 57.9 Å². The molecule has 0 unspecified atom stereocenters. The first-order chi connectivity index (χ1) is 7.29. The zero-order valence-corrected chi connectivity index (χ0v) is 10.5. The van der Waals surface area contributed by atoms with E-state index in [1.54, 1.807) is 0 Å². The molecule has 86 valence electrons. The molecule has 0 aliphatic heterocycles. The van der Waals surface area contributed by atoms with E-state index in [2.05, 4.69) is 0 Å². The minimum Gasteiger partial charge on any atom is -0.366 e. The second-order valence-electron chi connectivity index (χ2n) is 2.73. The summed E-state index contributed by atoms with van der Waals surface area (Å²) in [5, 5.41) is -1.01. The van der Waals surface area contributed by atoms with Crippen molar-refractivity contribution in [2.24, 2.45) is 11.5 Å². The van der Waals surface area contributed by atoms with Crippen molar-refractivity contribution in [2.45, 2.75) is 0 Å². The Morgan fingerprint density at radius 1 is 0.688 bits per heavy atom. The fraction of sp³-hybridized carbons (Fsp3) is 0. The van der Waals surface area contributed by atoms with Crippen LogP contribution in [0.4, 0.5) is 0 Å². The van der Waals surface area contributed by atoms with Gasteiger partial charge in [-0.15, -0.1) is 0 Å². The minimum atomic E-state index is -0.908. The quantitative estimate of drug-likeness (QED) is 0.822. The van der Waals surface area contributed by atoms with E-state index in [0.29, 0.717) is 0 Å². The van der Waals surface area contributed by atoms with Gasteiger partial charge in [0.15, 0.2) is 0 Å². The molecular weight excluding hydrogens is 298 g/mol. The Hall–Kier alpha value is -0.680. The summed E-state index contributed by atoms with van der Waals surface area (Å²) in [5.74, 6) is -1.82. The maximum absolute atomic E-state index is 11.0. The van der Waals surface area contributed by atoms with Gasteiger partial charge < -0.3 is 11.5 Å². The Balaban J connectivity index is 3.77. The molecule has 0 atom stereocenters. The van der Waals surface area contributed by atoms with Crippen LogP contribution in [0.25, 0.3) is 0 Å². The monoisotopic (exact) mass is 300 g/mol. The van der Waals surface area contributed by atoms with Gasteiger partial charge in [-0.3, -0.25) is 9.59 Å². The highest BCUT2D eigenvalue weighted by Gasteiger charge is 2.25. The van der Waals surface area contributed by atoms with Gasteiger partial charge in [0.1, 0.15) is 0 Å². The fourth-order valence-corrected chi connectivity index (χ4v) is 2.29. The molecule has 4 nitrogen and oxygen atoms in total. The number of halogens is 4. The molecule has 0 fully saturated rings. The molecule has 0 saturated carbocycles. The number of carbonyl (C=O) groups is 2. The van der Waals surface area contributed by atoms with Gasteiger partial charge in [-0.1, -0.05) is 46.4 Å². The molecule has 1 rings (SSSR count). The summed E-state index contributed by atoms with van der Waals surface area (Å²) in [6.45, 7) is 0. The lowest BCUT2D eigenvalue weighted by Gasteiger charge is -2.11. The Morgan fingerprint density at radius 2 is 0.875 bits per heavy atom. The van der Waals surface area contributed by atoms with Crippen LogP contribution in [0.3, 0.4) is 0 Å². The van der Waals surface area contributed by atoms with Gasteiger partial charge >= 0.3 is 0 Å². The third kappa shape index (κ3) is 2.06. The molecule has 0 aromatic heterocycles. The average Bonchev–Trinajstić information content (AvgIpc) is 2.14. The van der Waals surface area contributed by atoms with E-state index in [0.717, 1.165) is 0 Å². The van der Waals surface area contributed by atoms with Crippen molar-refractivity contribution in [3.8, 4) is 0 Å². The Labute approximate surface area is 110 Å². The lowest BCUT2D eigenvalue weighted by molar-refractivity contribution is 0.0988. The van der Waals surface area contributed by atoms with E-state index in [-0.39, 0.29) is 31.2 Å². The topological polar surface area (TPSA) is 86.2 Å². The predicted molar refractivity (Wildman–Crippen MR) is 63.5 cm³/mol. The molecule has 0 heterocycles. The highest BCUT2D eigenvalue weighted by Crippen LogP contribution is 2.40. The van der Waals surface area contributed by atoms with E-state index in [9.17, 15) is 9.59 Å². The summed E-state index contributed by atoms with van der Waals surface area (Å²) in [6, 6.07) is 0. The summed E-state index contributed by atoms with van der Waals surface area (Å²) in [7, 11) is 0. The number of rotatable bonds is 2. The molecular formula is C8H4Cl4N2O2. The maximum Gasteiger partial charge on any atom is 0.251 e. The number of hydrogen-bond acceptors (Lipinski definition) is 2. The van der Waals surface area contributed by atoms with E-state index in [1.807, 2.05) is 0 Å². The second kappa shape index (κ2) is 4.67. The van der Waals surface area contributed by atoms with Gasteiger partial charge in [-0.05, 0) is 0 Å². The summed E-state index contributed by atoms with van der Waals surface area (Å²) < 4.78 is 0. The highest BCUT2D eigenvalue weighted by atomic mass is 35.5. The first kappa shape index (κ1) is 13.4. The Bertz CT molecular complexity index is 427. The molecule has 0 bridgehead atoms. The van der Waals surface area contributed by atoms with Gasteiger partial charge in [0.05, 0.1) is 31.2 Å². The number of hydrogen-bond donors (Lipinski definition) is 2. The molecule has 4 N–H and O–H groups in total. The largest absolute Gasteiger partial charge is 0.366 e. The molecule has 0 aliphatic rings. The lowest BCUT2D eigenvalue weighted by atomic mass is 10.1. The molecule has 0 radical (unpaired) electrons. The van der Waals surface area contributed by atoms with Crippen LogP contribution in [-0.2, 0) is 0 Å². The van der Waals surface area contributed by atoms with E-state index >= 15 is 0 Å². The SMILES string of the molecule is NC(=O)c1c(Cl)c(Cl)c(C(N)=O)c(Cl)c1Cl. The van der Waals surface area contributed by atoms with Gasteiger partial charge in [0.25, 0.3) is 11.8 Å². The minimum absolute atomic E-state index is 0.247. The van der Waals surface area contributed by atoms with Crippen LogP contribution in [0, 0.1) is 0 Å². The number of nitrogens with two attached hydrogens (primary N) is 2. The fourth-order valence-electron chi connectivity index (χ4n) is 1.06.